The first-order valence-corrected chi connectivity index (χ1v) is 8.72. The maximum Gasteiger partial charge on any atom is 0.258 e. The van der Waals surface area contributed by atoms with Gasteiger partial charge in [-0.15, -0.1) is 0 Å². The molecule has 24 heavy (non-hydrogen) atoms. The average Bonchev–Trinajstić information content (AvgIpc) is 3.04. The van der Waals surface area contributed by atoms with Gasteiger partial charge in [0.05, 0.1) is 24.3 Å². The van der Waals surface area contributed by atoms with E-state index in [1.54, 1.807) is 0 Å². The molecule has 3 aliphatic rings. The molecule has 130 valence electrons. The van der Waals surface area contributed by atoms with E-state index in [1.165, 1.54) is 0 Å². The van der Waals surface area contributed by atoms with Crippen LogP contribution in [-0.2, 0) is 9.47 Å². The maximum absolute atomic E-state index is 13.2. The number of morpholine rings is 1. The molecule has 1 saturated heterocycles. The Balaban J connectivity index is 1.59. The Morgan fingerprint density at radius 2 is 2.12 bits per heavy atom. The number of nitrogens with zero attached hydrogens (tertiary/aromatic N) is 1. The van der Waals surface area contributed by atoms with Crippen LogP contribution >= 0.6 is 0 Å². The van der Waals surface area contributed by atoms with Crippen molar-refractivity contribution in [1.29, 1.82) is 0 Å². The van der Waals surface area contributed by atoms with Crippen molar-refractivity contribution in [2.75, 3.05) is 33.0 Å². The summed E-state index contributed by atoms with van der Waals surface area (Å²) in [5, 5.41) is 0. The first kappa shape index (κ1) is 15.7. The van der Waals surface area contributed by atoms with Crippen LogP contribution in [-0.4, -0.2) is 62.0 Å². The predicted octanol–water partition coefficient (Wildman–Crippen LogP) is 1.87. The van der Waals surface area contributed by atoms with Gasteiger partial charge >= 0.3 is 0 Å². The van der Waals surface area contributed by atoms with E-state index in [1.807, 2.05) is 30.0 Å². The molecule has 3 atom stereocenters. The Morgan fingerprint density at radius 1 is 1.25 bits per heavy atom. The SMILES string of the molecule is CCO[C@H]1CC[C@H]2[C@H]1OCCN2C(=O)c1cccc2c1OCCO2. The molecule has 1 amide bonds. The third-order valence-electron chi connectivity index (χ3n) is 4.97. The quantitative estimate of drug-likeness (QED) is 0.845. The fourth-order valence-corrected chi connectivity index (χ4v) is 3.96. The standard InChI is InChI=1S/C18H23NO5/c1-2-21-15-7-6-13-17(15)23-9-8-19(13)18(20)12-4-3-5-14-16(12)24-11-10-22-14/h3-5,13,15,17H,2,6-11H2,1H3/t13-,15-,17+/m0/s1. The van der Waals surface area contributed by atoms with Crippen molar-refractivity contribution in [1.82, 2.24) is 4.90 Å². The van der Waals surface area contributed by atoms with E-state index in [-0.39, 0.29) is 24.2 Å². The molecular formula is C18H23NO5. The molecule has 1 aromatic rings. The molecule has 6 heteroatoms. The van der Waals surface area contributed by atoms with Crippen LogP contribution in [0.15, 0.2) is 18.2 Å². The highest BCUT2D eigenvalue weighted by molar-refractivity contribution is 5.98. The monoisotopic (exact) mass is 333 g/mol. The first-order chi connectivity index (χ1) is 11.8. The molecule has 1 saturated carbocycles. The molecule has 0 unspecified atom stereocenters. The first-order valence-electron chi connectivity index (χ1n) is 8.72. The minimum Gasteiger partial charge on any atom is -0.486 e. The molecule has 0 bridgehead atoms. The lowest BCUT2D eigenvalue weighted by Crippen LogP contribution is -2.54. The van der Waals surface area contributed by atoms with E-state index in [0.29, 0.717) is 50.0 Å². The Hall–Kier alpha value is -1.79. The largest absolute Gasteiger partial charge is 0.486 e. The highest BCUT2D eigenvalue weighted by Crippen LogP contribution is 2.37. The lowest BCUT2D eigenvalue weighted by Gasteiger charge is -2.39. The van der Waals surface area contributed by atoms with Crippen molar-refractivity contribution in [3.05, 3.63) is 23.8 Å². The molecule has 6 nitrogen and oxygen atoms in total. The van der Waals surface area contributed by atoms with Gasteiger partial charge in [-0.25, -0.2) is 0 Å². The van der Waals surface area contributed by atoms with E-state index < -0.39 is 0 Å². The molecule has 2 aliphatic heterocycles. The van der Waals surface area contributed by atoms with E-state index in [0.717, 1.165) is 12.8 Å². The van der Waals surface area contributed by atoms with Crippen molar-refractivity contribution in [2.24, 2.45) is 0 Å². The van der Waals surface area contributed by atoms with Gasteiger partial charge in [0.2, 0.25) is 0 Å². The van der Waals surface area contributed by atoms with Gasteiger partial charge in [-0.05, 0) is 31.9 Å². The van der Waals surface area contributed by atoms with Crippen molar-refractivity contribution < 1.29 is 23.7 Å². The third kappa shape index (κ3) is 2.63. The Morgan fingerprint density at radius 3 is 3.00 bits per heavy atom. The highest BCUT2D eigenvalue weighted by Gasteiger charge is 2.45. The van der Waals surface area contributed by atoms with Crippen molar-refractivity contribution in [3.8, 4) is 11.5 Å². The normalized spacial score (nSPS) is 28.5. The number of hydrogen-bond acceptors (Lipinski definition) is 5. The van der Waals surface area contributed by atoms with Gasteiger partial charge in [0, 0.05) is 13.2 Å². The number of fused-ring (bicyclic) bond motifs is 2. The van der Waals surface area contributed by atoms with Crippen LogP contribution in [0.25, 0.3) is 0 Å². The Labute approximate surface area is 141 Å². The van der Waals surface area contributed by atoms with Crippen molar-refractivity contribution in [2.45, 2.75) is 38.0 Å². The fraction of sp³-hybridized carbons (Fsp3) is 0.611. The number of rotatable bonds is 3. The van der Waals surface area contributed by atoms with Crippen LogP contribution in [0.1, 0.15) is 30.1 Å². The number of hydrogen-bond donors (Lipinski definition) is 0. The smallest absolute Gasteiger partial charge is 0.258 e. The Kier molecular flexibility index (Phi) is 4.33. The molecule has 0 radical (unpaired) electrons. The van der Waals surface area contributed by atoms with Gasteiger partial charge in [0.25, 0.3) is 5.91 Å². The summed E-state index contributed by atoms with van der Waals surface area (Å²) in [6, 6.07) is 5.57. The van der Waals surface area contributed by atoms with Gasteiger partial charge in [0.15, 0.2) is 11.5 Å². The summed E-state index contributed by atoms with van der Waals surface area (Å²) in [6.45, 7) is 4.79. The van der Waals surface area contributed by atoms with Gasteiger partial charge < -0.3 is 23.8 Å². The summed E-state index contributed by atoms with van der Waals surface area (Å²) in [4.78, 5) is 15.1. The molecule has 0 spiro atoms. The zero-order chi connectivity index (χ0) is 16.5. The van der Waals surface area contributed by atoms with Crippen LogP contribution in [0.2, 0.25) is 0 Å². The van der Waals surface area contributed by atoms with Crippen LogP contribution in [0.4, 0.5) is 0 Å². The second-order valence-electron chi connectivity index (χ2n) is 6.30. The van der Waals surface area contributed by atoms with Crippen LogP contribution in [0, 0.1) is 0 Å². The second kappa shape index (κ2) is 6.61. The molecule has 2 heterocycles. The molecule has 1 aromatic carbocycles. The lowest BCUT2D eigenvalue weighted by molar-refractivity contribution is -0.102. The summed E-state index contributed by atoms with van der Waals surface area (Å²) < 4.78 is 23.0. The van der Waals surface area contributed by atoms with Gasteiger partial charge in [-0.1, -0.05) is 6.07 Å². The zero-order valence-electron chi connectivity index (χ0n) is 13.9. The third-order valence-corrected chi connectivity index (χ3v) is 4.97. The number of carbonyl (C=O) groups excluding carboxylic acids is 1. The molecular weight excluding hydrogens is 310 g/mol. The molecule has 0 aromatic heterocycles. The molecule has 2 fully saturated rings. The molecule has 4 rings (SSSR count). The molecule has 0 N–H and O–H groups in total. The van der Waals surface area contributed by atoms with Gasteiger partial charge in [-0.2, -0.15) is 0 Å². The van der Waals surface area contributed by atoms with E-state index in [9.17, 15) is 4.79 Å². The van der Waals surface area contributed by atoms with Crippen molar-refractivity contribution >= 4 is 5.91 Å². The van der Waals surface area contributed by atoms with Crippen LogP contribution in [0.5, 0.6) is 11.5 Å². The molecule has 1 aliphatic carbocycles. The minimum atomic E-state index is -0.0284. The number of ether oxygens (including phenoxy) is 4. The van der Waals surface area contributed by atoms with Gasteiger partial charge in [0.1, 0.15) is 19.3 Å². The van der Waals surface area contributed by atoms with Crippen LogP contribution < -0.4 is 9.47 Å². The zero-order valence-corrected chi connectivity index (χ0v) is 13.9. The second-order valence-corrected chi connectivity index (χ2v) is 6.30. The number of amides is 1. The van der Waals surface area contributed by atoms with Crippen molar-refractivity contribution in [3.63, 3.8) is 0 Å². The minimum absolute atomic E-state index is 0.00667. The maximum atomic E-state index is 13.2. The van der Waals surface area contributed by atoms with Gasteiger partial charge in [-0.3, -0.25) is 4.79 Å². The average molecular weight is 333 g/mol. The highest BCUT2D eigenvalue weighted by atomic mass is 16.6. The summed E-state index contributed by atoms with van der Waals surface area (Å²) in [5.41, 5.74) is 0.577. The van der Waals surface area contributed by atoms with E-state index >= 15 is 0 Å². The van der Waals surface area contributed by atoms with E-state index in [2.05, 4.69) is 0 Å². The predicted molar refractivity (Wildman–Crippen MR) is 86.6 cm³/mol. The topological polar surface area (TPSA) is 57.2 Å². The van der Waals surface area contributed by atoms with E-state index in [4.69, 9.17) is 18.9 Å². The summed E-state index contributed by atoms with van der Waals surface area (Å²) in [6.07, 6.45) is 1.90. The fourth-order valence-electron chi connectivity index (χ4n) is 3.96. The number of benzene rings is 1. The number of para-hydroxylation sites is 1. The summed E-state index contributed by atoms with van der Waals surface area (Å²) >= 11 is 0. The lowest BCUT2D eigenvalue weighted by atomic mass is 10.1. The number of carbonyl (C=O) groups is 1. The van der Waals surface area contributed by atoms with Crippen LogP contribution in [0.3, 0.4) is 0 Å². The Bertz CT molecular complexity index is 619. The summed E-state index contributed by atoms with van der Waals surface area (Å²) in [5.74, 6) is 1.21. The summed E-state index contributed by atoms with van der Waals surface area (Å²) in [7, 11) is 0.